The van der Waals surface area contributed by atoms with Crippen molar-refractivity contribution >= 4 is 50.9 Å². The van der Waals surface area contributed by atoms with Crippen LogP contribution in [-0.4, -0.2) is 44.4 Å². The van der Waals surface area contributed by atoms with Crippen LogP contribution in [0.25, 0.3) is 0 Å². The van der Waals surface area contributed by atoms with Crippen molar-refractivity contribution in [3.05, 3.63) is 94.5 Å². The number of aliphatic carboxylic acids is 1. The number of alkyl halides is 4. The van der Waals surface area contributed by atoms with E-state index >= 15 is 0 Å². The van der Waals surface area contributed by atoms with Crippen LogP contribution in [-0.2, 0) is 29.0 Å². The number of nitrogens with zero attached hydrogens (tertiary/aromatic N) is 3. The molecule has 54 heavy (non-hydrogen) atoms. The molecule has 3 aromatic rings. The summed E-state index contributed by atoms with van der Waals surface area (Å²) in [6.07, 6.45) is 0.525. The average Bonchev–Trinajstić information content (AvgIpc) is 3.09. The van der Waals surface area contributed by atoms with Crippen LogP contribution in [0.3, 0.4) is 0 Å². The lowest BCUT2D eigenvalue weighted by atomic mass is 9.86. The van der Waals surface area contributed by atoms with E-state index in [2.05, 4.69) is 15.0 Å². The lowest BCUT2D eigenvalue weighted by molar-refractivity contribution is -0.353. The smallest absolute Gasteiger partial charge is 0.428 e. The van der Waals surface area contributed by atoms with E-state index in [1.807, 2.05) is 0 Å². The van der Waals surface area contributed by atoms with E-state index in [4.69, 9.17) is 14.7 Å². The van der Waals surface area contributed by atoms with Crippen LogP contribution in [0.5, 0.6) is 0 Å². The van der Waals surface area contributed by atoms with Gasteiger partial charge in [-0.1, -0.05) is 24.3 Å². The summed E-state index contributed by atoms with van der Waals surface area (Å²) in [7, 11) is -11.8. The zero-order valence-corrected chi connectivity index (χ0v) is 29.8. The highest BCUT2D eigenvalue weighted by Crippen LogP contribution is 2.62. The van der Waals surface area contributed by atoms with Crippen molar-refractivity contribution in [3.63, 3.8) is 0 Å². The van der Waals surface area contributed by atoms with Gasteiger partial charge in [0.15, 0.2) is 0 Å². The second-order valence-electron chi connectivity index (χ2n) is 12.5. The Morgan fingerprint density at radius 1 is 0.685 bits per heavy atom. The van der Waals surface area contributed by atoms with Crippen LogP contribution in [0, 0.1) is 5.92 Å². The third-order valence-electron chi connectivity index (χ3n) is 8.57. The van der Waals surface area contributed by atoms with Gasteiger partial charge in [-0.15, -0.1) is 0 Å². The number of hydrogen-bond donors (Lipinski definition) is 3. The molecule has 3 N–H and O–H groups in total. The number of carboxylic acids is 1. The lowest BCUT2D eigenvalue weighted by Crippen LogP contribution is -2.35. The number of carbonyl (C=O) groups is 1. The molecular weight excluding hydrogens is 764 g/mol. The predicted molar refractivity (Wildman–Crippen MR) is 176 cm³/mol. The Morgan fingerprint density at radius 3 is 1.50 bits per heavy atom. The average molecular weight is 797 g/mol. The number of carbonyl (C=O) groups excluding carboxylic acids is 1. The summed E-state index contributed by atoms with van der Waals surface area (Å²) in [5.41, 5.74) is -10.4. The molecule has 0 saturated heterocycles. The molecule has 3 aromatic carbocycles. The Labute approximate surface area is 307 Å². The molecule has 1 saturated carbocycles. The SMILES string of the molecule is O=C([O-])C1CCC(N=C([O-])c2cc(N=C([O-])CCc3ccc(C(F)(F)[P+]([O-])([O-])O)cc3)cc(N=C([O-])CCc3ccc(C(F)(F)[P+]([O-])(O)O)cc3)c2)CC1. The van der Waals surface area contributed by atoms with Gasteiger partial charge < -0.3 is 39.9 Å². The topological polar surface area (TPSA) is 276 Å². The molecule has 4 rings (SSSR count). The molecule has 0 bridgehead atoms. The number of carboxylic acid groups (broad SMARTS) is 1. The van der Waals surface area contributed by atoms with Gasteiger partial charge in [-0.05, 0) is 134 Å². The van der Waals surface area contributed by atoms with Gasteiger partial charge in [-0.2, -0.15) is 17.6 Å². The molecule has 1 aliphatic carbocycles. The first-order chi connectivity index (χ1) is 25.1. The fraction of sp³-hybridized carbons (Fsp3) is 0.353. The molecule has 0 unspecified atom stereocenters. The second-order valence-corrected chi connectivity index (χ2v) is 15.8. The number of rotatable bonds is 15. The van der Waals surface area contributed by atoms with Gasteiger partial charge in [0.25, 0.3) is 0 Å². The second kappa shape index (κ2) is 17.1. The van der Waals surface area contributed by atoms with Crippen molar-refractivity contribution in [1.29, 1.82) is 0 Å². The molecule has 0 heterocycles. The number of halogens is 4. The van der Waals surface area contributed by atoms with Crippen LogP contribution < -0.4 is 35.1 Å². The van der Waals surface area contributed by atoms with Crippen molar-refractivity contribution in [2.75, 3.05) is 0 Å². The maximum absolute atomic E-state index is 14.0. The van der Waals surface area contributed by atoms with Gasteiger partial charge in [-0.3, -0.25) is 19.9 Å². The van der Waals surface area contributed by atoms with Crippen LogP contribution in [0.1, 0.15) is 66.3 Å². The van der Waals surface area contributed by atoms with E-state index in [0.29, 0.717) is 24.0 Å². The highest BCUT2D eigenvalue weighted by atomic mass is 31.2. The molecule has 0 aliphatic heterocycles. The van der Waals surface area contributed by atoms with Crippen molar-refractivity contribution in [2.24, 2.45) is 20.9 Å². The fourth-order valence-electron chi connectivity index (χ4n) is 5.51. The normalized spacial score (nSPS) is 18.1. The maximum atomic E-state index is 14.0. The maximum Gasteiger partial charge on any atom is 0.428 e. The third-order valence-corrected chi connectivity index (χ3v) is 10.5. The number of benzene rings is 3. The molecule has 0 amide bonds. The first kappa shape index (κ1) is 42.6. The van der Waals surface area contributed by atoms with Crippen LogP contribution in [0.4, 0.5) is 28.9 Å². The third kappa shape index (κ3) is 11.0. The van der Waals surface area contributed by atoms with Gasteiger partial charge in [-0.25, -0.2) is 9.79 Å². The zero-order valence-electron chi connectivity index (χ0n) is 28.0. The van der Waals surface area contributed by atoms with E-state index < -0.39 is 74.0 Å². The summed E-state index contributed by atoms with van der Waals surface area (Å²) < 4.78 is 55.8. The summed E-state index contributed by atoms with van der Waals surface area (Å²) in [6, 6.07) is 11.0. The molecule has 1 fully saturated rings. The van der Waals surface area contributed by atoms with Gasteiger partial charge in [0, 0.05) is 12.0 Å². The summed E-state index contributed by atoms with van der Waals surface area (Å²) in [5.74, 6) is -4.08. The van der Waals surface area contributed by atoms with Crippen molar-refractivity contribution < 1.29 is 72.1 Å². The molecule has 292 valence electrons. The standard InChI is InChI=1S/C34H37F4N3O11P2/c35-33(36,53(47,48)49)24-9-1-20(2-10-24)5-15-29(42)39-27-17-23(31(44)41-26-13-7-22(8-14-26)32(45)46)18-28(19-27)40-30(43)16-6-21-3-11-25(12-4-21)34(37,38)54(50,51)52/h1-4,9-12,17-19,22,26H,5-8,13-16H2,(H,39,42)(H,40,43)(H,41,44)(H,45,46)(H2,47,48,49)(H2,50,51,52)/p-5. The Hall–Kier alpha value is -4.12. The van der Waals surface area contributed by atoms with E-state index in [1.165, 1.54) is 30.3 Å². The minimum absolute atomic E-state index is 0.0167. The molecule has 0 spiro atoms. The van der Waals surface area contributed by atoms with E-state index in [9.17, 15) is 57.5 Å². The van der Waals surface area contributed by atoms with Crippen LogP contribution >= 0.6 is 15.9 Å². The van der Waals surface area contributed by atoms with Crippen LogP contribution in [0.2, 0.25) is 0 Å². The van der Waals surface area contributed by atoms with Gasteiger partial charge in [0.05, 0.1) is 22.5 Å². The Balaban J connectivity index is 1.54. The number of aryl methyl sites for hydroxylation is 2. The summed E-state index contributed by atoms with van der Waals surface area (Å²) in [4.78, 5) is 83.1. The minimum Gasteiger partial charge on any atom is -0.862 e. The molecule has 0 atom stereocenters. The molecule has 20 heteroatoms. The van der Waals surface area contributed by atoms with Crippen molar-refractivity contribution in [1.82, 2.24) is 0 Å². The molecule has 0 aromatic heterocycles. The highest BCUT2D eigenvalue weighted by molar-refractivity contribution is 7.58. The summed E-state index contributed by atoms with van der Waals surface area (Å²) >= 11 is 0. The van der Waals surface area contributed by atoms with Crippen molar-refractivity contribution in [3.8, 4) is 0 Å². The van der Waals surface area contributed by atoms with E-state index in [0.717, 1.165) is 36.4 Å². The van der Waals surface area contributed by atoms with Crippen LogP contribution in [0.15, 0.2) is 81.7 Å². The Kier molecular flexibility index (Phi) is 13.5. The van der Waals surface area contributed by atoms with Gasteiger partial charge in [0.1, 0.15) is 7.94 Å². The Morgan fingerprint density at radius 2 is 1.11 bits per heavy atom. The molecule has 14 nitrogen and oxygen atoms in total. The first-order valence-electron chi connectivity index (χ1n) is 16.2. The summed E-state index contributed by atoms with van der Waals surface area (Å²) in [6.45, 7) is 0. The quantitative estimate of drug-likeness (QED) is 0.0786. The predicted octanol–water partition coefficient (Wildman–Crippen LogP) is -0.170. The van der Waals surface area contributed by atoms with Gasteiger partial charge in [0.2, 0.25) is 0 Å². The molecule has 0 radical (unpaired) electrons. The monoisotopic (exact) mass is 796 g/mol. The Bertz CT molecular complexity index is 1770. The van der Waals surface area contributed by atoms with E-state index in [-0.39, 0.29) is 55.5 Å². The van der Waals surface area contributed by atoms with Crippen molar-refractivity contribution in [2.45, 2.75) is 68.7 Å². The largest absolute Gasteiger partial charge is 0.862 e. The first-order valence-corrected chi connectivity index (χ1v) is 19.4. The minimum atomic E-state index is -6.03. The zero-order chi connectivity index (χ0) is 40.1. The number of hydrogen-bond acceptors (Lipinski definition) is 14. The summed E-state index contributed by atoms with van der Waals surface area (Å²) in [5, 5.41) is 50.0. The van der Waals surface area contributed by atoms with E-state index in [1.54, 1.807) is 0 Å². The highest BCUT2D eigenvalue weighted by Gasteiger charge is 2.55. The molecule has 1 aliphatic rings. The van der Waals surface area contributed by atoms with Gasteiger partial charge >= 0.3 is 19.3 Å². The lowest BCUT2D eigenvalue weighted by Gasteiger charge is -2.34. The molecular formula is C34H32F4N3O11P2-5. The fourth-order valence-corrected chi connectivity index (χ4v) is 6.47. The number of aliphatic imine (C=N–C) groups is 3.